The number of piperidine rings is 1. The molecule has 20 heavy (non-hydrogen) atoms. The van der Waals surface area contributed by atoms with Crippen LogP contribution in [-0.4, -0.2) is 23.1 Å². The van der Waals surface area contributed by atoms with E-state index in [4.69, 9.17) is 0 Å². The van der Waals surface area contributed by atoms with Gasteiger partial charge >= 0.3 is 0 Å². The minimum atomic E-state index is -0.168. The largest absolute Gasteiger partial charge is 0.342 e. The number of H-pyrrole nitrogens is 1. The molecule has 0 amide bonds. The fraction of sp³-hybridized carbons (Fsp3) is 0.438. The Morgan fingerprint density at radius 3 is 2.70 bits per heavy atom. The van der Waals surface area contributed by atoms with Crippen LogP contribution in [0.5, 0.6) is 0 Å². The molecule has 1 aliphatic rings. The van der Waals surface area contributed by atoms with Gasteiger partial charge in [-0.15, -0.1) is 0 Å². The summed E-state index contributed by atoms with van der Waals surface area (Å²) in [5.74, 6) is 0.870. The first-order valence-corrected chi connectivity index (χ1v) is 7.11. The first-order valence-electron chi connectivity index (χ1n) is 7.11. The summed E-state index contributed by atoms with van der Waals surface area (Å²) < 4.78 is 13.3. The van der Waals surface area contributed by atoms with E-state index in [2.05, 4.69) is 22.2 Å². The van der Waals surface area contributed by atoms with E-state index in [-0.39, 0.29) is 11.2 Å². The van der Waals surface area contributed by atoms with Crippen molar-refractivity contribution in [3.8, 4) is 11.3 Å². The molecule has 0 bridgehead atoms. The lowest BCUT2D eigenvalue weighted by Crippen LogP contribution is -2.38. The molecule has 2 heterocycles. The van der Waals surface area contributed by atoms with Crippen LogP contribution in [0.2, 0.25) is 0 Å². The molecule has 3 nitrogen and oxygen atoms in total. The Kier molecular flexibility index (Phi) is 3.34. The third-order valence-corrected chi connectivity index (χ3v) is 4.32. The molecule has 106 valence electrons. The number of rotatable bonds is 2. The van der Waals surface area contributed by atoms with E-state index in [1.807, 2.05) is 12.3 Å². The molecule has 0 atom stereocenters. The van der Waals surface area contributed by atoms with E-state index < -0.39 is 0 Å². The smallest absolute Gasteiger partial charge is 0.126 e. The number of aromatic amines is 1. The van der Waals surface area contributed by atoms with Crippen LogP contribution in [0.3, 0.4) is 0 Å². The SMILES string of the molecule is Cc1cc(-c2cnc(C3(C)CCNCC3)[nH]2)ccc1F. The molecule has 1 aliphatic heterocycles. The highest BCUT2D eigenvalue weighted by atomic mass is 19.1. The summed E-state index contributed by atoms with van der Waals surface area (Å²) in [6, 6.07) is 5.17. The Bertz CT molecular complexity index is 612. The second kappa shape index (κ2) is 5.02. The maximum atomic E-state index is 13.3. The highest BCUT2D eigenvalue weighted by Crippen LogP contribution is 2.32. The number of nitrogens with zero attached hydrogens (tertiary/aromatic N) is 1. The third-order valence-electron chi connectivity index (χ3n) is 4.32. The van der Waals surface area contributed by atoms with Crippen molar-refractivity contribution in [3.05, 3.63) is 41.6 Å². The van der Waals surface area contributed by atoms with Crippen molar-refractivity contribution >= 4 is 0 Å². The Morgan fingerprint density at radius 2 is 2.00 bits per heavy atom. The number of benzene rings is 1. The Hall–Kier alpha value is -1.68. The van der Waals surface area contributed by atoms with Crippen molar-refractivity contribution in [2.45, 2.75) is 32.1 Å². The van der Waals surface area contributed by atoms with Crippen molar-refractivity contribution in [2.24, 2.45) is 0 Å². The van der Waals surface area contributed by atoms with Crippen LogP contribution in [0, 0.1) is 12.7 Å². The molecule has 1 fully saturated rings. The van der Waals surface area contributed by atoms with Gasteiger partial charge < -0.3 is 10.3 Å². The molecule has 0 spiro atoms. The Labute approximate surface area is 118 Å². The van der Waals surface area contributed by atoms with E-state index in [1.54, 1.807) is 13.0 Å². The number of aryl methyl sites for hydroxylation is 1. The molecule has 0 saturated carbocycles. The van der Waals surface area contributed by atoms with Gasteiger partial charge in [-0.2, -0.15) is 0 Å². The fourth-order valence-electron chi connectivity index (χ4n) is 2.80. The molecular weight excluding hydrogens is 253 g/mol. The second-order valence-corrected chi connectivity index (χ2v) is 5.92. The number of hydrogen-bond acceptors (Lipinski definition) is 2. The predicted octanol–water partition coefficient (Wildman–Crippen LogP) is 3.17. The highest BCUT2D eigenvalue weighted by Gasteiger charge is 2.31. The molecule has 1 aromatic carbocycles. The summed E-state index contributed by atoms with van der Waals surface area (Å²) in [6.45, 7) is 6.10. The van der Waals surface area contributed by atoms with E-state index in [0.29, 0.717) is 5.56 Å². The minimum absolute atomic E-state index is 0.110. The van der Waals surface area contributed by atoms with Gasteiger partial charge in [0, 0.05) is 11.0 Å². The van der Waals surface area contributed by atoms with Crippen molar-refractivity contribution in [1.29, 1.82) is 0 Å². The van der Waals surface area contributed by atoms with Gasteiger partial charge in [-0.25, -0.2) is 9.37 Å². The molecule has 2 N–H and O–H groups in total. The van der Waals surface area contributed by atoms with Gasteiger partial charge in [-0.3, -0.25) is 0 Å². The quantitative estimate of drug-likeness (QED) is 0.882. The lowest BCUT2D eigenvalue weighted by molar-refractivity contribution is 0.321. The van der Waals surface area contributed by atoms with Crippen LogP contribution in [0.15, 0.2) is 24.4 Å². The maximum Gasteiger partial charge on any atom is 0.126 e. The van der Waals surface area contributed by atoms with Crippen molar-refractivity contribution in [1.82, 2.24) is 15.3 Å². The van der Waals surface area contributed by atoms with Gasteiger partial charge in [0.25, 0.3) is 0 Å². The summed E-state index contributed by atoms with van der Waals surface area (Å²) in [5, 5.41) is 3.38. The molecule has 0 aliphatic carbocycles. The molecule has 0 unspecified atom stereocenters. The number of halogens is 1. The minimum Gasteiger partial charge on any atom is -0.342 e. The molecule has 3 rings (SSSR count). The Balaban J connectivity index is 1.91. The zero-order valence-corrected chi connectivity index (χ0v) is 12.0. The topological polar surface area (TPSA) is 40.7 Å². The van der Waals surface area contributed by atoms with Crippen LogP contribution >= 0.6 is 0 Å². The number of hydrogen-bond donors (Lipinski definition) is 2. The monoisotopic (exact) mass is 273 g/mol. The van der Waals surface area contributed by atoms with Crippen molar-refractivity contribution < 1.29 is 4.39 Å². The number of aromatic nitrogens is 2. The van der Waals surface area contributed by atoms with Crippen molar-refractivity contribution in [2.75, 3.05) is 13.1 Å². The summed E-state index contributed by atoms with van der Waals surface area (Å²) in [6.07, 6.45) is 4.03. The average Bonchev–Trinajstić information content (AvgIpc) is 2.93. The third kappa shape index (κ3) is 2.36. The number of nitrogens with one attached hydrogen (secondary N) is 2. The molecule has 0 radical (unpaired) electrons. The highest BCUT2D eigenvalue weighted by molar-refractivity contribution is 5.59. The first kappa shape index (κ1) is 13.3. The van der Waals surface area contributed by atoms with Gasteiger partial charge in [-0.05, 0) is 56.6 Å². The van der Waals surface area contributed by atoms with E-state index in [1.165, 1.54) is 6.07 Å². The van der Waals surface area contributed by atoms with Gasteiger partial charge in [0.05, 0.1) is 11.9 Å². The van der Waals surface area contributed by atoms with Gasteiger partial charge in [0.15, 0.2) is 0 Å². The standard InChI is InChI=1S/C16H20FN3/c1-11-9-12(3-4-13(11)17)14-10-19-15(20-14)16(2)5-7-18-8-6-16/h3-4,9-10,18H,5-8H2,1-2H3,(H,19,20). The van der Waals surface area contributed by atoms with Crippen LogP contribution in [-0.2, 0) is 5.41 Å². The lowest BCUT2D eigenvalue weighted by atomic mass is 9.80. The maximum absolute atomic E-state index is 13.3. The second-order valence-electron chi connectivity index (χ2n) is 5.92. The first-order chi connectivity index (χ1) is 9.58. The van der Waals surface area contributed by atoms with Crippen LogP contribution in [0.1, 0.15) is 31.2 Å². The van der Waals surface area contributed by atoms with Crippen LogP contribution < -0.4 is 5.32 Å². The summed E-state index contributed by atoms with van der Waals surface area (Å²) in [5.41, 5.74) is 2.72. The Morgan fingerprint density at radius 1 is 1.25 bits per heavy atom. The summed E-state index contributed by atoms with van der Waals surface area (Å²) in [4.78, 5) is 7.99. The average molecular weight is 273 g/mol. The summed E-state index contributed by atoms with van der Waals surface area (Å²) >= 11 is 0. The molecule has 4 heteroatoms. The lowest BCUT2D eigenvalue weighted by Gasteiger charge is -2.32. The fourth-order valence-corrected chi connectivity index (χ4v) is 2.80. The zero-order chi connectivity index (χ0) is 14.2. The van der Waals surface area contributed by atoms with E-state index in [0.717, 1.165) is 43.0 Å². The van der Waals surface area contributed by atoms with Gasteiger partial charge in [0.1, 0.15) is 11.6 Å². The number of imidazole rings is 1. The van der Waals surface area contributed by atoms with Gasteiger partial charge in [-0.1, -0.05) is 6.92 Å². The predicted molar refractivity (Wildman–Crippen MR) is 78.2 cm³/mol. The van der Waals surface area contributed by atoms with E-state index in [9.17, 15) is 4.39 Å². The normalized spacial score (nSPS) is 18.1. The van der Waals surface area contributed by atoms with Crippen molar-refractivity contribution in [3.63, 3.8) is 0 Å². The van der Waals surface area contributed by atoms with Gasteiger partial charge in [0.2, 0.25) is 0 Å². The zero-order valence-electron chi connectivity index (χ0n) is 12.0. The van der Waals surface area contributed by atoms with Crippen LogP contribution in [0.25, 0.3) is 11.3 Å². The molecule has 2 aromatic rings. The molecular formula is C16H20FN3. The van der Waals surface area contributed by atoms with Crippen LogP contribution in [0.4, 0.5) is 4.39 Å². The molecule has 1 saturated heterocycles. The summed E-state index contributed by atoms with van der Waals surface area (Å²) in [7, 11) is 0. The molecule has 1 aromatic heterocycles. The van der Waals surface area contributed by atoms with E-state index >= 15 is 0 Å².